The summed E-state index contributed by atoms with van der Waals surface area (Å²) >= 11 is 0. The highest BCUT2D eigenvalue weighted by atomic mass is 15.0. The number of para-hydroxylation sites is 2. The zero-order valence-electron chi connectivity index (χ0n) is 10.1. The van der Waals surface area contributed by atoms with Crippen molar-refractivity contribution in [2.24, 2.45) is 0 Å². The van der Waals surface area contributed by atoms with Crippen molar-refractivity contribution in [2.75, 3.05) is 0 Å². The Balaban J connectivity index is 2.38. The van der Waals surface area contributed by atoms with Crippen LogP contribution >= 0.6 is 0 Å². The van der Waals surface area contributed by atoms with Crippen LogP contribution in [0.4, 0.5) is 0 Å². The highest BCUT2D eigenvalue weighted by Gasteiger charge is 2.09. The molecule has 2 heteroatoms. The molecule has 0 N–H and O–H groups in total. The molecule has 0 amide bonds. The number of hydrogen-bond donors (Lipinski definition) is 0. The van der Waals surface area contributed by atoms with Crippen molar-refractivity contribution >= 4 is 27.5 Å². The molecule has 0 aliphatic heterocycles. The molecular formula is C16H12N2. The van der Waals surface area contributed by atoms with Crippen molar-refractivity contribution in [3.63, 3.8) is 0 Å². The van der Waals surface area contributed by atoms with Gasteiger partial charge in [0.2, 0.25) is 0 Å². The second-order valence-electron chi connectivity index (χ2n) is 4.63. The van der Waals surface area contributed by atoms with E-state index in [0.717, 1.165) is 11.2 Å². The lowest BCUT2D eigenvalue weighted by Gasteiger charge is -2.05. The average Bonchev–Trinajstić information content (AvgIpc) is 2.79. The molecule has 0 aliphatic rings. The van der Waals surface area contributed by atoms with Crippen LogP contribution in [-0.2, 0) is 0 Å². The molecule has 0 bridgehead atoms. The summed E-state index contributed by atoms with van der Waals surface area (Å²) in [5.41, 5.74) is 4.50. The number of rotatable bonds is 0. The maximum absolute atomic E-state index is 4.77. The van der Waals surface area contributed by atoms with Gasteiger partial charge in [0.05, 0.1) is 11.0 Å². The van der Waals surface area contributed by atoms with Crippen molar-refractivity contribution in [2.45, 2.75) is 6.92 Å². The van der Waals surface area contributed by atoms with Gasteiger partial charge in [-0.3, -0.25) is 4.40 Å². The van der Waals surface area contributed by atoms with E-state index in [9.17, 15) is 0 Å². The topological polar surface area (TPSA) is 17.3 Å². The SMILES string of the molecule is Cc1cc2ccccc2c2nc3ccccc3n12. The van der Waals surface area contributed by atoms with E-state index in [1.54, 1.807) is 0 Å². The molecule has 0 radical (unpaired) electrons. The van der Waals surface area contributed by atoms with Gasteiger partial charge in [0.15, 0.2) is 0 Å². The Labute approximate surface area is 104 Å². The van der Waals surface area contributed by atoms with Crippen molar-refractivity contribution in [1.29, 1.82) is 0 Å². The normalized spacial score (nSPS) is 11.6. The molecule has 2 nitrogen and oxygen atoms in total. The molecule has 86 valence electrons. The first-order valence-corrected chi connectivity index (χ1v) is 6.10. The van der Waals surface area contributed by atoms with E-state index in [0.29, 0.717) is 0 Å². The van der Waals surface area contributed by atoms with Crippen LogP contribution in [0.2, 0.25) is 0 Å². The molecule has 0 saturated carbocycles. The fourth-order valence-corrected chi connectivity index (χ4v) is 2.68. The molecule has 18 heavy (non-hydrogen) atoms. The van der Waals surface area contributed by atoms with Crippen LogP contribution in [-0.4, -0.2) is 9.38 Å². The number of nitrogens with zero attached hydrogens (tertiary/aromatic N) is 2. The van der Waals surface area contributed by atoms with Crippen LogP contribution in [0.5, 0.6) is 0 Å². The van der Waals surface area contributed by atoms with Gasteiger partial charge in [-0.25, -0.2) is 4.98 Å². The van der Waals surface area contributed by atoms with Crippen LogP contribution < -0.4 is 0 Å². The monoisotopic (exact) mass is 232 g/mol. The van der Waals surface area contributed by atoms with Gasteiger partial charge in [-0.15, -0.1) is 0 Å². The number of fused-ring (bicyclic) bond motifs is 5. The summed E-state index contributed by atoms with van der Waals surface area (Å²) in [6.07, 6.45) is 0. The van der Waals surface area contributed by atoms with Crippen LogP contribution in [0, 0.1) is 6.92 Å². The molecule has 0 unspecified atom stereocenters. The number of aryl methyl sites for hydroxylation is 1. The summed E-state index contributed by atoms with van der Waals surface area (Å²) in [6, 6.07) is 18.9. The molecule has 2 aromatic heterocycles. The number of pyridine rings is 1. The molecule has 4 aromatic rings. The van der Waals surface area contributed by atoms with Crippen molar-refractivity contribution in [3.8, 4) is 0 Å². The Morgan fingerprint density at radius 1 is 0.944 bits per heavy atom. The molecule has 0 spiro atoms. The Hall–Kier alpha value is -2.35. The van der Waals surface area contributed by atoms with Crippen LogP contribution in [0.15, 0.2) is 54.6 Å². The maximum Gasteiger partial charge on any atom is 0.146 e. The number of benzene rings is 2. The highest BCUT2D eigenvalue weighted by molar-refractivity contribution is 5.98. The molecule has 0 fully saturated rings. The largest absolute Gasteiger partial charge is 0.296 e. The van der Waals surface area contributed by atoms with Gasteiger partial charge >= 0.3 is 0 Å². The first-order valence-electron chi connectivity index (χ1n) is 6.10. The third-order valence-electron chi connectivity index (χ3n) is 3.48. The third kappa shape index (κ3) is 1.15. The zero-order valence-corrected chi connectivity index (χ0v) is 10.1. The lowest BCUT2D eigenvalue weighted by atomic mass is 10.1. The number of hydrogen-bond acceptors (Lipinski definition) is 1. The minimum atomic E-state index is 1.05. The van der Waals surface area contributed by atoms with Gasteiger partial charge in [-0.2, -0.15) is 0 Å². The molecule has 0 saturated heterocycles. The van der Waals surface area contributed by atoms with E-state index < -0.39 is 0 Å². The van der Waals surface area contributed by atoms with E-state index in [-0.39, 0.29) is 0 Å². The predicted molar refractivity (Wildman–Crippen MR) is 74.9 cm³/mol. The lowest BCUT2D eigenvalue weighted by molar-refractivity contribution is 1.14. The minimum Gasteiger partial charge on any atom is -0.296 e. The Kier molecular flexibility index (Phi) is 1.78. The van der Waals surface area contributed by atoms with E-state index >= 15 is 0 Å². The van der Waals surface area contributed by atoms with E-state index in [1.165, 1.54) is 22.0 Å². The lowest BCUT2D eigenvalue weighted by Crippen LogP contribution is -1.91. The summed E-state index contributed by atoms with van der Waals surface area (Å²) in [7, 11) is 0. The van der Waals surface area contributed by atoms with Gasteiger partial charge in [0.25, 0.3) is 0 Å². The van der Waals surface area contributed by atoms with Crippen molar-refractivity contribution in [3.05, 3.63) is 60.3 Å². The van der Waals surface area contributed by atoms with E-state index in [1.807, 2.05) is 6.07 Å². The van der Waals surface area contributed by atoms with Crippen LogP contribution in [0.25, 0.3) is 27.5 Å². The maximum atomic E-state index is 4.77. The van der Waals surface area contributed by atoms with Crippen LogP contribution in [0.1, 0.15) is 5.69 Å². The summed E-state index contributed by atoms with van der Waals surface area (Å²) in [5, 5.41) is 2.46. The van der Waals surface area contributed by atoms with Crippen LogP contribution in [0.3, 0.4) is 0 Å². The fraction of sp³-hybridized carbons (Fsp3) is 0.0625. The van der Waals surface area contributed by atoms with Gasteiger partial charge in [-0.05, 0) is 30.5 Å². The van der Waals surface area contributed by atoms with Gasteiger partial charge in [0.1, 0.15) is 5.65 Å². The van der Waals surface area contributed by atoms with Gasteiger partial charge in [-0.1, -0.05) is 36.4 Å². The van der Waals surface area contributed by atoms with Gasteiger partial charge < -0.3 is 0 Å². The minimum absolute atomic E-state index is 1.05. The Morgan fingerprint density at radius 3 is 2.67 bits per heavy atom. The molecule has 2 heterocycles. The number of aromatic nitrogens is 2. The first-order chi connectivity index (χ1) is 8.84. The fourth-order valence-electron chi connectivity index (χ4n) is 2.68. The van der Waals surface area contributed by atoms with E-state index in [4.69, 9.17) is 4.98 Å². The summed E-state index contributed by atoms with van der Waals surface area (Å²) in [6.45, 7) is 2.13. The summed E-state index contributed by atoms with van der Waals surface area (Å²) < 4.78 is 2.23. The summed E-state index contributed by atoms with van der Waals surface area (Å²) in [5.74, 6) is 0. The molecule has 4 rings (SSSR count). The third-order valence-corrected chi connectivity index (χ3v) is 3.48. The number of imidazole rings is 1. The first kappa shape index (κ1) is 9.66. The van der Waals surface area contributed by atoms with Crippen molar-refractivity contribution < 1.29 is 0 Å². The Morgan fingerprint density at radius 2 is 1.72 bits per heavy atom. The highest BCUT2D eigenvalue weighted by Crippen LogP contribution is 2.25. The van der Waals surface area contributed by atoms with Crippen molar-refractivity contribution in [1.82, 2.24) is 9.38 Å². The Bertz CT molecular complexity index is 887. The predicted octanol–water partition coefficient (Wildman–Crippen LogP) is 3.95. The smallest absolute Gasteiger partial charge is 0.146 e. The van der Waals surface area contributed by atoms with Gasteiger partial charge in [0, 0.05) is 11.1 Å². The average molecular weight is 232 g/mol. The quantitative estimate of drug-likeness (QED) is 0.448. The van der Waals surface area contributed by atoms with E-state index in [2.05, 4.69) is 59.9 Å². The molecular weight excluding hydrogens is 220 g/mol. The molecule has 0 aliphatic carbocycles. The summed E-state index contributed by atoms with van der Waals surface area (Å²) in [4.78, 5) is 4.77. The molecule has 0 atom stereocenters. The zero-order chi connectivity index (χ0) is 12.1. The molecule has 2 aromatic carbocycles. The standard InChI is InChI=1S/C16H12N2/c1-11-10-12-6-2-3-7-13(12)16-17-14-8-4-5-9-15(14)18(11)16/h2-10H,1H3. The second-order valence-corrected chi connectivity index (χ2v) is 4.63. The second kappa shape index (κ2) is 3.33.